The average Bonchev–Trinajstić information content (AvgIpc) is 3.38. The monoisotopic (exact) mass is 432 g/mol. The van der Waals surface area contributed by atoms with Crippen LogP contribution >= 0.6 is 23.2 Å². The molecule has 2 nitrogen and oxygen atoms in total. The van der Waals surface area contributed by atoms with E-state index in [0.29, 0.717) is 21.9 Å². The van der Waals surface area contributed by atoms with Crippen LogP contribution < -0.4 is 5.32 Å². The number of halogens is 2. The molecule has 2 heterocycles. The van der Waals surface area contributed by atoms with Gasteiger partial charge in [-0.25, -0.2) is 0 Å². The SMILES string of the molecule is CCn1c2ccccc2c2cc(C3Nc4c(ccc(Cl)c4Cl)C4C=CCC43)ccc21. The lowest BCUT2D eigenvalue weighted by molar-refractivity contribution is 0.426. The average molecular weight is 433 g/mol. The number of nitrogens with one attached hydrogen (secondary N) is 1. The summed E-state index contributed by atoms with van der Waals surface area (Å²) in [6.07, 6.45) is 5.71. The zero-order chi connectivity index (χ0) is 20.4. The lowest BCUT2D eigenvalue weighted by Crippen LogP contribution is -2.29. The third-order valence-corrected chi connectivity index (χ3v) is 7.70. The van der Waals surface area contributed by atoms with E-state index in [1.807, 2.05) is 6.07 Å². The minimum atomic E-state index is 0.196. The summed E-state index contributed by atoms with van der Waals surface area (Å²) in [6, 6.07) is 19.9. The van der Waals surface area contributed by atoms with Crippen LogP contribution in [0.1, 0.15) is 36.4 Å². The van der Waals surface area contributed by atoms with Crippen LogP contribution in [0.4, 0.5) is 5.69 Å². The van der Waals surface area contributed by atoms with Gasteiger partial charge in [0.1, 0.15) is 0 Å². The zero-order valence-corrected chi connectivity index (χ0v) is 18.2. The van der Waals surface area contributed by atoms with E-state index >= 15 is 0 Å². The maximum atomic E-state index is 6.63. The number of anilines is 1. The number of aromatic nitrogens is 1. The summed E-state index contributed by atoms with van der Waals surface area (Å²) in [5, 5.41) is 7.62. The Balaban J connectivity index is 1.53. The van der Waals surface area contributed by atoms with Gasteiger partial charge < -0.3 is 9.88 Å². The Morgan fingerprint density at radius 1 is 1.00 bits per heavy atom. The first-order chi connectivity index (χ1) is 14.7. The molecule has 4 aromatic rings. The lowest BCUT2D eigenvalue weighted by Gasteiger charge is -2.38. The largest absolute Gasteiger partial charge is 0.376 e. The molecule has 0 amide bonds. The van der Waals surface area contributed by atoms with Crippen LogP contribution in [0.25, 0.3) is 21.8 Å². The van der Waals surface area contributed by atoms with Crippen molar-refractivity contribution in [3.63, 3.8) is 0 Å². The molecule has 1 N–H and O–H groups in total. The topological polar surface area (TPSA) is 17.0 Å². The molecule has 150 valence electrons. The van der Waals surface area contributed by atoms with Crippen LogP contribution in [-0.4, -0.2) is 4.57 Å². The molecule has 0 bridgehead atoms. The van der Waals surface area contributed by atoms with Gasteiger partial charge in [0.2, 0.25) is 0 Å². The Hall–Kier alpha value is -2.42. The molecule has 3 unspecified atom stereocenters. The number of hydrogen-bond acceptors (Lipinski definition) is 1. The maximum Gasteiger partial charge on any atom is 0.0826 e. The summed E-state index contributed by atoms with van der Waals surface area (Å²) in [5.74, 6) is 0.848. The predicted molar refractivity (Wildman–Crippen MR) is 128 cm³/mol. The van der Waals surface area contributed by atoms with E-state index in [1.165, 1.54) is 32.9 Å². The molecule has 4 heteroatoms. The van der Waals surface area contributed by atoms with Gasteiger partial charge in [0.15, 0.2) is 0 Å². The molecule has 0 saturated heterocycles. The minimum Gasteiger partial charge on any atom is -0.376 e. The number of allylic oxidation sites excluding steroid dienone is 2. The molecule has 30 heavy (non-hydrogen) atoms. The van der Waals surface area contributed by atoms with Crippen LogP contribution in [-0.2, 0) is 6.54 Å². The van der Waals surface area contributed by atoms with Crippen molar-refractivity contribution in [2.24, 2.45) is 5.92 Å². The summed E-state index contributed by atoms with van der Waals surface area (Å²) in [6.45, 7) is 3.17. The molecule has 3 atom stereocenters. The van der Waals surface area contributed by atoms with Gasteiger partial charge in [0, 0.05) is 34.3 Å². The van der Waals surface area contributed by atoms with Gasteiger partial charge in [-0.1, -0.05) is 65.7 Å². The van der Waals surface area contributed by atoms with Gasteiger partial charge in [0.05, 0.1) is 21.8 Å². The fraction of sp³-hybridized carbons (Fsp3) is 0.231. The second-order valence-corrected chi connectivity index (χ2v) is 9.12. The van der Waals surface area contributed by atoms with Crippen molar-refractivity contribution in [1.82, 2.24) is 4.57 Å². The van der Waals surface area contributed by atoms with Gasteiger partial charge in [-0.15, -0.1) is 0 Å². The van der Waals surface area contributed by atoms with Crippen LogP contribution in [0.5, 0.6) is 0 Å². The highest BCUT2D eigenvalue weighted by Crippen LogP contribution is 2.52. The third kappa shape index (κ3) is 2.50. The summed E-state index contributed by atoms with van der Waals surface area (Å²) in [7, 11) is 0. The molecule has 1 aliphatic heterocycles. The quantitative estimate of drug-likeness (QED) is 0.318. The number of hydrogen-bond donors (Lipinski definition) is 1. The van der Waals surface area contributed by atoms with Crippen molar-refractivity contribution in [3.05, 3.63) is 87.9 Å². The van der Waals surface area contributed by atoms with E-state index in [1.54, 1.807) is 0 Å². The fourth-order valence-corrected chi connectivity index (χ4v) is 5.92. The van der Waals surface area contributed by atoms with Crippen molar-refractivity contribution in [3.8, 4) is 0 Å². The molecule has 0 radical (unpaired) electrons. The molecular weight excluding hydrogens is 411 g/mol. The van der Waals surface area contributed by atoms with Crippen LogP contribution in [0.15, 0.2) is 66.7 Å². The predicted octanol–water partition coefficient (Wildman–Crippen LogP) is 7.95. The molecule has 0 saturated carbocycles. The van der Waals surface area contributed by atoms with Gasteiger partial charge in [0.25, 0.3) is 0 Å². The molecule has 1 aromatic heterocycles. The molecule has 3 aromatic carbocycles. The molecular formula is C26H22Cl2N2. The number of nitrogens with zero attached hydrogens (tertiary/aromatic N) is 1. The van der Waals surface area contributed by atoms with Gasteiger partial charge in [-0.2, -0.15) is 0 Å². The molecule has 6 rings (SSSR count). The highest BCUT2D eigenvalue weighted by Gasteiger charge is 2.39. The number of benzene rings is 3. The Labute approximate surface area is 186 Å². The second-order valence-electron chi connectivity index (χ2n) is 8.34. The van der Waals surface area contributed by atoms with E-state index in [9.17, 15) is 0 Å². The fourth-order valence-electron chi connectivity index (χ4n) is 5.54. The van der Waals surface area contributed by atoms with E-state index in [-0.39, 0.29) is 6.04 Å². The standard InChI is InChI=1S/C26H22Cl2N2/c1-2-30-22-9-4-3-6-17(22)20-14-15(10-13-23(20)30)25-18-8-5-7-16(18)19-11-12-21(27)24(28)26(19)29-25/h3-7,9-14,16,18,25,29H,2,8H2,1H3. The van der Waals surface area contributed by atoms with Crippen molar-refractivity contribution >= 4 is 50.7 Å². The van der Waals surface area contributed by atoms with Crippen LogP contribution in [0.2, 0.25) is 10.0 Å². The van der Waals surface area contributed by atoms with Crippen LogP contribution in [0.3, 0.4) is 0 Å². The van der Waals surface area contributed by atoms with E-state index in [2.05, 4.69) is 77.5 Å². The zero-order valence-electron chi connectivity index (χ0n) is 16.7. The Morgan fingerprint density at radius 2 is 1.83 bits per heavy atom. The number of rotatable bonds is 2. The Bertz CT molecular complexity index is 1330. The highest BCUT2D eigenvalue weighted by molar-refractivity contribution is 6.43. The first-order valence-electron chi connectivity index (χ1n) is 10.6. The second kappa shape index (κ2) is 6.80. The summed E-state index contributed by atoms with van der Waals surface area (Å²) < 4.78 is 2.40. The van der Waals surface area contributed by atoms with Crippen LogP contribution in [0, 0.1) is 5.92 Å². The minimum absolute atomic E-state index is 0.196. The number of para-hydroxylation sites is 1. The van der Waals surface area contributed by atoms with Gasteiger partial charge in [-0.05, 0) is 54.7 Å². The smallest absolute Gasteiger partial charge is 0.0826 e. The first-order valence-corrected chi connectivity index (χ1v) is 11.3. The Kier molecular flexibility index (Phi) is 4.16. The number of fused-ring (bicyclic) bond motifs is 6. The summed E-state index contributed by atoms with van der Waals surface area (Å²) >= 11 is 13.0. The summed E-state index contributed by atoms with van der Waals surface area (Å²) in [4.78, 5) is 0. The van der Waals surface area contributed by atoms with Crippen molar-refractivity contribution in [1.29, 1.82) is 0 Å². The van der Waals surface area contributed by atoms with Gasteiger partial charge in [-0.3, -0.25) is 0 Å². The van der Waals surface area contributed by atoms with E-state index in [4.69, 9.17) is 23.2 Å². The molecule has 2 aliphatic rings. The summed E-state index contributed by atoms with van der Waals surface area (Å²) in [5.41, 5.74) is 6.13. The molecule has 1 aliphatic carbocycles. The first kappa shape index (κ1) is 18.4. The van der Waals surface area contributed by atoms with E-state index < -0.39 is 0 Å². The van der Waals surface area contributed by atoms with Crippen molar-refractivity contribution in [2.75, 3.05) is 5.32 Å². The van der Waals surface area contributed by atoms with E-state index in [0.717, 1.165) is 18.7 Å². The lowest BCUT2D eigenvalue weighted by atomic mass is 9.77. The van der Waals surface area contributed by atoms with Gasteiger partial charge >= 0.3 is 0 Å². The highest BCUT2D eigenvalue weighted by atomic mass is 35.5. The maximum absolute atomic E-state index is 6.63. The van der Waals surface area contributed by atoms with Crippen molar-refractivity contribution < 1.29 is 0 Å². The number of aryl methyl sites for hydroxylation is 1. The van der Waals surface area contributed by atoms with Crippen molar-refractivity contribution in [2.45, 2.75) is 31.8 Å². The third-order valence-electron chi connectivity index (χ3n) is 6.90. The molecule has 0 fully saturated rings. The normalized spacial score (nSPS) is 22.3. The molecule has 0 spiro atoms. The Morgan fingerprint density at radius 3 is 2.70 bits per heavy atom.